The molecule has 6 nitrogen and oxygen atoms in total. The first-order valence-electron chi connectivity index (χ1n) is 7.54. The Morgan fingerprint density at radius 1 is 1.42 bits per heavy atom. The van der Waals surface area contributed by atoms with Gasteiger partial charge in [-0.2, -0.15) is 5.26 Å². The molecule has 0 fully saturated rings. The van der Waals surface area contributed by atoms with Gasteiger partial charge in [-0.25, -0.2) is 4.79 Å². The Labute approximate surface area is 141 Å². The van der Waals surface area contributed by atoms with Gasteiger partial charge < -0.3 is 19.9 Å². The molecule has 1 aliphatic rings. The Bertz CT molecular complexity index is 772. The fraction of sp³-hybridized carbons (Fsp3) is 0.333. The fourth-order valence-electron chi connectivity index (χ4n) is 2.77. The number of nitrogens with two attached hydrogens (primary N) is 1. The van der Waals surface area contributed by atoms with Crippen molar-refractivity contribution >= 4 is 5.97 Å². The molecule has 0 saturated carbocycles. The van der Waals surface area contributed by atoms with Gasteiger partial charge in [-0.1, -0.05) is 12.1 Å². The minimum absolute atomic E-state index is 0.00141. The molecule has 1 atom stereocenters. The Morgan fingerprint density at radius 3 is 2.67 bits per heavy atom. The van der Waals surface area contributed by atoms with Gasteiger partial charge in [-0.05, 0) is 38.0 Å². The van der Waals surface area contributed by atoms with Crippen LogP contribution < -0.4 is 10.5 Å². The first-order valence-corrected chi connectivity index (χ1v) is 7.54. The van der Waals surface area contributed by atoms with Crippen molar-refractivity contribution in [3.63, 3.8) is 0 Å². The van der Waals surface area contributed by atoms with Gasteiger partial charge in [-0.3, -0.25) is 0 Å². The van der Waals surface area contributed by atoms with Crippen LogP contribution in [0.1, 0.15) is 30.9 Å². The molecule has 24 heavy (non-hydrogen) atoms. The summed E-state index contributed by atoms with van der Waals surface area (Å²) in [6.45, 7) is 5.47. The average molecular weight is 328 g/mol. The molecule has 2 rings (SSSR count). The number of esters is 1. The maximum atomic E-state index is 12.4. The molecule has 0 amide bonds. The number of carbonyl (C=O) groups excluding carboxylic acids is 1. The largest absolute Gasteiger partial charge is 0.496 e. The van der Waals surface area contributed by atoms with Gasteiger partial charge in [0.25, 0.3) is 0 Å². The lowest BCUT2D eigenvalue weighted by Gasteiger charge is -2.27. The van der Waals surface area contributed by atoms with E-state index in [-0.39, 0.29) is 23.6 Å². The zero-order chi connectivity index (χ0) is 17.9. The summed E-state index contributed by atoms with van der Waals surface area (Å²) in [6, 6.07) is 7.52. The smallest absolute Gasteiger partial charge is 0.338 e. The molecule has 0 spiro atoms. The summed E-state index contributed by atoms with van der Waals surface area (Å²) < 4.78 is 15.8. The monoisotopic (exact) mass is 328 g/mol. The van der Waals surface area contributed by atoms with Crippen LogP contribution in [0.5, 0.6) is 5.75 Å². The fourth-order valence-corrected chi connectivity index (χ4v) is 2.77. The molecule has 1 aliphatic heterocycles. The number of methoxy groups -OCH3 is 1. The van der Waals surface area contributed by atoms with Gasteiger partial charge in [-0.15, -0.1) is 0 Å². The zero-order valence-electron chi connectivity index (χ0n) is 14.2. The lowest BCUT2D eigenvalue weighted by atomic mass is 9.82. The van der Waals surface area contributed by atoms with E-state index in [1.54, 1.807) is 33.1 Å². The topological polar surface area (TPSA) is 94.6 Å². The van der Waals surface area contributed by atoms with Gasteiger partial charge in [0.1, 0.15) is 23.2 Å². The van der Waals surface area contributed by atoms with Crippen LogP contribution in [0.4, 0.5) is 0 Å². The van der Waals surface area contributed by atoms with E-state index >= 15 is 0 Å². The number of carbonyl (C=O) groups is 1. The molecule has 0 aromatic heterocycles. The zero-order valence-corrected chi connectivity index (χ0v) is 14.2. The molecular weight excluding hydrogens is 308 g/mol. The van der Waals surface area contributed by atoms with Gasteiger partial charge in [0.2, 0.25) is 5.88 Å². The summed E-state index contributed by atoms with van der Waals surface area (Å²) in [4.78, 5) is 12.4. The Morgan fingerprint density at radius 2 is 2.12 bits per heavy atom. The number of allylic oxidation sites excluding steroid dienone is 2. The molecule has 6 heteroatoms. The predicted octanol–water partition coefficient (Wildman–Crippen LogP) is 2.65. The van der Waals surface area contributed by atoms with Crippen LogP contribution >= 0.6 is 0 Å². The first-order chi connectivity index (χ1) is 11.4. The van der Waals surface area contributed by atoms with Crippen molar-refractivity contribution in [3.8, 4) is 11.8 Å². The molecular formula is C18H20N2O4. The van der Waals surface area contributed by atoms with E-state index in [4.69, 9.17) is 19.9 Å². The summed E-state index contributed by atoms with van der Waals surface area (Å²) in [7, 11) is 1.59. The summed E-state index contributed by atoms with van der Waals surface area (Å²) in [6.07, 6.45) is 0. The maximum Gasteiger partial charge on any atom is 0.338 e. The van der Waals surface area contributed by atoms with E-state index in [0.29, 0.717) is 5.76 Å². The van der Waals surface area contributed by atoms with Crippen LogP contribution in [0.15, 0.2) is 41.0 Å². The van der Waals surface area contributed by atoms with Crippen molar-refractivity contribution < 1.29 is 19.0 Å². The second kappa shape index (κ2) is 7.09. The molecule has 0 radical (unpaired) electrons. The van der Waals surface area contributed by atoms with E-state index in [1.165, 1.54) is 0 Å². The highest BCUT2D eigenvalue weighted by Crippen LogP contribution is 2.40. The van der Waals surface area contributed by atoms with Crippen molar-refractivity contribution in [3.05, 3.63) is 52.1 Å². The minimum atomic E-state index is -0.632. The molecule has 0 unspecified atom stereocenters. The van der Waals surface area contributed by atoms with E-state index in [0.717, 1.165) is 16.9 Å². The van der Waals surface area contributed by atoms with Crippen LogP contribution in [0.2, 0.25) is 0 Å². The molecule has 1 heterocycles. The Kier molecular flexibility index (Phi) is 5.14. The van der Waals surface area contributed by atoms with E-state index in [2.05, 4.69) is 6.07 Å². The summed E-state index contributed by atoms with van der Waals surface area (Å²) in [5.41, 5.74) is 7.97. The lowest BCUT2D eigenvalue weighted by molar-refractivity contribution is -0.139. The van der Waals surface area contributed by atoms with Crippen molar-refractivity contribution in [2.24, 2.45) is 5.73 Å². The van der Waals surface area contributed by atoms with Crippen LogP contribution in [0.25, 0.3) is 0 Å². The molecule has 0 bridgehead atoms. The van der Waals surface area contributed by atoms with E-state index in [9.17, 15) is 10.1 Å². The number of nitrogens with zero attached hydrogens (tertiary/aromatic N) is 1. The van der Waals surface area contributed by atoms with Crippen LogP contribution in [0, 0.1) is 18.3 Å². The third-order valence-corrected chi connectivity index (χ3v) is 3.85. The molecule has 0 saturated heterocycles. The quantitative estimate of drug-likeness (QED) is 0.854. The normalized spacial score (nSPS) is 17.2. The number of benzene rings is 1. The van der Waals surface area contributed by atoms with E-state index in [1.807, 2.05) is 13.0 Å². The number of rotatable bonds is 4. The molecule has 0 aliphatic carbocycles. The van der Waals surface area contributed by atoms with Gasteiger partial charge in [0.05, 0.1) is 25.2 Å². The summed E-state index contributed by atoms with van der Waals surface area (Å²) >= 11 is 0. The lowest BCUT2D eigenvalue weighted by Crippen LogP contribution is -2.25. The van der Waals surface area contributed by atoms with Crippen molar-refractivity contribution in [1.82, 2.24) is 0 Å². The van der Waals surface area contributed by atoms with Crippen molar-refractivity contribution in [1.29, 1.82) is 5.26 Å². The second-order valence-corrected chi connectivity index (χ2v) is 5.34. The SMILES string of the molecule is CCOC(=O)C1=C(C)OC(N)=C(C#N)[C@@H]1c1ccc(OC)c(C)c1. The van der Waals surface area contributed by atoms with Crippen molar-refractivity contribution in [2.45, 2.75) is 26.7 Å². The highest BCUT2D eigenvalue weighted by molar-refractivity contribution is 5.92. The van der Waals surface area contributed by atoms with E-state index < -0.39 is 11.9 Å². The van der Waals surface area contributed by atoms with Crippen LogP contribution in [-0.2, 0) is 14.3 Å². The number of hydrogen-bond donors (Lipinski definition) is 1. The maximum absolute atomic E-state index is 12.4. The highest BCUT2D eigenvalue weighted by Gasteiger charge is 2.36. The first kappa shape index (κ1) is 17.4. The summed E-state index contributed by atoms with van der Waals surface area (Å²) in [5.74, 6) is -0.0919. The number of hydrogen-bond acceptors (Lipinski definition) is 6. The molecule has 2 N–H and O–H groups in total. The number of ether oxygens (including phenoxy) is 3. The Balaban J connectivity index is 2.62. The van der Waals surface area contributed by atoms with Crippen LogP contribution in [0.3, 0.4) is 0 Å². The van der Waals surface area contributed by atoms with Crippen LogP contribution in [-0.4, -0.2) is 19.7 Å². The summed E-state index contributed by atoms with van der Waals surface area (Å²) in [5, 5.41) is 9.51. The van der Waals surface area contributed by atoms with Gasteiger partial charge in [0.15, 0.2) is 0 Å². The predicted molar refractivity (Wildman–Crippen MR) is 87.7 cm³/mol. The number of aryl methyl sites for hydroxylation is 1. The van der Waals surface area contributed by atoms with Gasteiger partial charge in [0, 0.05) is 0 Å². The molecule has 126 valence electrons. The molecule has 1 aromatic rings. The highest BCUT2D eigenvalue weighted by atomic mass is 16.5. The average Bonchev–Trinajstić information content (AvgIpc) is 2.54. The standard InChI is InChI=1S/C18H20N2O4/c1-5-23-18(21)15-11(3)24-17(20)13(9-19)16(15)12-6-7-14(22-4)10(2)8-12/h6-8,16H,5,20H2,1-4H3/t16-/m0/s1. The third kappa shape index (κ3) is 3.06. The Hall–Kier alpha value is -2.94. The number of nitriles is 1. The second-order valence-electron chi connectivity index (χ2n) is 5.34. The van der Waals surface area contributed by atoms with Gasteiger partial charge >= 0.3 is 5.97 Å². The third-order valence-electron chi connectivity index (χ3n) is 3.85. The molecule has 1 aromatic carbocycles. The van der Waals surface area contributed by atoms with Crippen molar-refractivity contribution in [2.75, 3.05) is 13.7 Å². The minimum Gasteiger partial charge on any atom is -0.496 e.